The summed E-state index contributed by atoms with van der Waals surface area (Å²) in [5.41, 5.74) is 2.24. The summed E-state index contributed by atoms with van der Waals surface area (Å²) in [7, 11) is 3.08. The van der Waals surface area contributed by atoms with Gasteiger partial charge >= 0.3 is 12.0 Å². The summed E-state index contributed by atoms with van der Waals surface area (Å²) in [5, 5.41) is 12.2. The molecule has 3 rings (SSSR count). The molecule has 0 radical (unpaired) electrons. The summed E-state index contributed by atoms with van der Waals surface area (Å²) in [6.07, 6.45) is 1.69. The molecule has 0 bridgehead atoms. The van der Waals surface area contributed by atoms with Crippen LogP contribution in [-0.4, -0.2) is 52.2 Å². The van der Waals surface area contributed by atoms with Crippen LogP contribution >= 0.6 is 0 Å². The molecule has 1 atom stereocenters. The van der Waals surface area contributed by atoms with Crippen molar-refractivity contribution < 1.29 is 24.2 Å². The fourth-order valence-corrected chi connectivity index (χ4v) is 2.94. The molecule has 0 fully saturated rings. The van der Waals surface area contributed by atoms with E-state index in [0.717, 1.165) is 11.3 Å². The number of carbonyl (C=O) groups excluding carboxylic acids is 1. The number of imidazole rings is 1. The highest BCUT2D eigenvalue weighted by Gasteiger charge is 2.35. The molecular formula is C17H20N4O5. The minimum atomic E-state index is -1.06. The maximum Gasteiger partial charge on any atom is 0.326 e. The molecule has 1 aromatic heterocycles. The molecule has 1 aromatic carbocycles. The Morgan fingerprint density at radius 1 is 1.35 bits per heavy atom. The number of carboxylic acid groups (broad SMARTS) is 1. The first-order valence-corrected chi connectivity index (χ1v) is 8.02. The number of nitrogens with zero attached hydrogens (tertiary/aromatic N) is 2. The molecule has 1 aliphatic heterocycles. The molecule has 0 aliphatic carbocycles. The standard InChI is InChI=1S/C17H20N4O5/c1-25-14-4-3-10(5-15(14)26-2)7-18-17(24)21-8-12-11(19-9-20-12)6-13(21)16(22)23/h3-5,9,13H,6-8H2,1-2H3,(H,18,24)(H,19,20)(H,22,23). The van der Waals surface area contributed by atoms with Gasteiger partial charge in [0.05, 0.1) is 38.5 Å². The molecule has 2 heterocycles. The number of ether oxygens (including phenoxy) is 2. The fourth-order valence-electron chi connectivity index (χ4n) is 2.94. The number of aromatic amines is 1. The van der Waals surface area contributed by atoms with E-state index >= 15 is 0 Å². The van der Waals surface area contributed by atoms with Gasteiger partial charge in [0.2, 0.25) is 0 Å². The Balaban J connectivity index is 1.70. The second-order valence-electron chi connectivity index (χ2n) is 5.86. The van der Waals surface area contributed by atoms with Crippen LogP contribution in [0.5, 0.6) is 11.5 Å². The highest BCUT2D eigenvalue weighted by atomic mass is 16.5. The van der Waals surface area contributed by atoms with Crippen LogP contribution in [0.15, 0.2) is 24.5 Å². The lowest BCUT2D eigenvalue weighted by atomic mass is 10.0. The van der Waals surface area contributed by atoms with Gasteiger partial charge in [-0.3, -0.25) is 0 Å². The molecule has 138 valence electrons. The van der Waals surface area contributed by atoms with E-state index in [2.05, 4.69) is 15.3 Å². The predicted octanol–water partition coefficient (Wildman–Crippen LogP) is 1.15. The summed E-state index contributed by atoms with van der Waals surface area (Å²) in [6.45, 7) is 0.405. The average molecular weight is 360 g/mol. The Labute approximate surface area is 149 Å². The SMILES string of the molecule is COc1ccc(CNC(=O)N2Cc3[nH]cnc3CC2C(=O)O)cc1OC. The van der Waals surface area contributed by atoms with Crippen LogP contribution in [0.25, 0.3) is 0 Å². The highest BCUT2D eigenvalue weighted by Crippen LogP contribution is 2.27. The number of amides is 2. The van der Waals surface area contributed by atoms with E-state index in [1.165, 1.54) is 18.3 Å². The lowest BCUT2D eigenvalue weighted by Gasteiger charge is -2.32. The normalized spacial score (nSPS) is 15.9. The fraction of sp³-hybridized carbons (Fsp3) is 0.353. The van der Waals surface area contributed by atoms with Crippen molar-refractivity contribution in [3.05, 3.63) is 41.5 Å². The number of nitrogens with one attached hydrogen (secondary N) is 2. The number of aliphatic carboxylic acids is 1. The smallest absolute Gasteiger partial charge is 0.326 e. The van der Waals surface area contributed by atoms with E-state index in [-0.39, 0.29) is 19.5 Å². The Bertz CT molecular complexity index is 819. The summed E-state index contributed by atoms with van der Waals surface area (Å²) >= 11 is 0. The summed E-state index contributed by atoms with van der Waals surface area (Å²) < 4.78 is 10.4. The maximum absolute atomic E-state index is 12.6. The first-order chi connectivity index (χ1) is 12.5. The van der Waals surface area contributed by atoms with E-state index in [1.807, 2.05) is 0 Å². The van der Waals surface area contributed by atoms with Crippen molar-refractivity contribution in [1.29, 1.82) is 0 Å². The summed E-state index contributed by atoms with van der Waals surface area (Å²) in [4.78, 5) is 32.4. The highest BCUT2D eigenvalue weighted by molar-refractivity contribution is 5.83. The van der Waals surface area contributed by atoms with Crippen molar-refractivity contribution in [2.45, 2.75) is 25.6 Å². The van der Waals surface area contributed by atoms with Crippen LogP contribution in [0, 0.1) is 0 Å². The van der Waals surface area contributed by atoms with Crippen LogP contribution in [0.3, 0.4) is 0 Å². The van der Waals surface area contributed by atoms with Gasteiger partial charge in [-0.05, 0) is 17.7 Å². The lowest BCUT2D eigenvalue weighted by molar-refractivity contribution is -0.142. The van der Waals surface area contributed by atoms with Crippen LogP contribution in [-0.2, 0) is 24.3 Å². The number of methoxy groups -OCH3 is 2. The third-order valence-electron chi connectivity index (χ3n) is 4.34. The number of hydrogen-bond donors (Lipinski definition) is 3. The van der Waals surface area contributed by atoms with E-state index in [1.54, 1.807) is 25.3 Å². The van der Waals surface area contributed by atoms with Crippen molar-refractivity contribution in [2.75, 3.05) is 14.2 Å². The van der Waals surface area contributed by atoms with Crippen LogP contribution in [0.1, 0.15) is 17.0 Å². The third kappa shape index (κ3) is 3.41. The molecule has 9 heteroatoms. The second kappa shape index (κ2) is 7.34. The van der Waals surface area contributed by atoms with Crippen LogP contribution in [0.4, 0.5) is 4.79 Å². The number of fused-ring (bicyclic) bond motifs is 1. The van der Waals surface area contributed by atoms with Gasteiger partial charge < -0.3 is 29.8 Å². The van der Waals surface area contributed by atoms with Gasteiger partial charge in [0.25, 0.3) is 0 Å². The average Bonchev–Trinajstić information content (AvgIpc) is 3.12. The van der Waals surface area contributed by atoms with E-state index < -0.39 is 18.0 Å². The van der Waals surface area contributed by atoms with Gasteiger partial charge in [-0.25, -0.2) is 14.6 Å². The number of aromatic nitrogens is 2. The van der Waals surface area contributed by atoms with Crippen molar-refractivity contribution in [1.82, 2.24) is 20.2 Å². The number of urea groups is 1. The lowest BCUT2D eigenvalue weighted by Crippen LogP contribution is -2.52. The Morgan fingerprint density at radius 2 is 2.12 bits per heavy atom. The van der Waals surface area contributed by atoms with Gasteiger partial charge in [-0.15, -0.1) is 0 Å². The van der Waals surface area contributed by atoms with Crippen molar-refractivity contribution in [3.63, 3.8) is 0 Å². The predicted molar refractivity (Wildman–Crippen MR) is 91.0 cm³/mol. The minimum absolute atomic E-state index is 0.171. The number of benzene rings is 1. The molecule has 1 aliphatic rings. The molecule has 2 amide bonds. The zero-order chi connectivity index (χ0) is 18.7. The molecule has 26 heavy (non-hydrogen) atoms. The number of H-pyrrole nitrogens is 1. The van der Waals surface area contributed by atoms with Gasteiger partial charge in [0.1, 0.15) is 6.04 Å². The molecule has 3 N–H and O–H groups in total. The summed E-state index contributed by atoms with van der Waals surface area (Å²) in [6, 6.07) is 3.91. The van der Waals surface area contributed by atoms with Gasteiger partial charge in [0.15, 0.2) is 11.5 Å². The van der Waals surface area contributed by atoms with Crippen molar-refractivity contribution in [2.24, 2.45) is 0 Å². The zero-order valence-electron chi connectivity index (χ0n) is 14.5. The van der Waals surface area contributed by atoms with E-state index in [0.29, 0.717) is 17.2 Å². The Hall–Kier alpha value is -3.23. The molecule has 9 nitrogen and oxygen atoms in total. The topological polar surface area (TPSA) is 117 Å². The number of carboxylic acids is 1. The molecule has 0 spiro atoms. The largest absolute Gasteiger partial charge is 0.493 e. The van der Waals surface area contributed by atoms with Gasteiger partial charge in [-0.1, -0.05) is 6.07 Å². The van der Waals surface area contributed by atoms with Crippen LogP contribution in [0.2, 0.25) is 0 Å². The quantitative estimate of drug-likeness (QED) is 0.736. The molecule has 0 saturated carbocycles. The monoisotopic (exact) mass is 360 g/mol. The Morgan fingerprint density at radius 3 is 2.81 bits per heavy atom. The molecule has 1 unspecified atom stereocenters. The maximum atomic E-state index is 12.6. The zero-order valence-corrected chi connectivity index (χ0v) is 14.5. The first kappa shape index (κ1) is 17.6. The van der Waals surface area contributed by atoms with E-state index in [9.17, 15) is 14.7 Å². The molecule has 2 aromatic rings. The van der Waals surface area contributed by atoms with Crippen LogP contribution < -0.4 is 14.8 Å². The minimum Gasteiger partial charge on any atom is -0.493 e. The van der Waals surface area contributed by atoms with Gasteiger partial charge in [-0.2, -0.15) is 0 Å². The molecular weight excluding hydrogens is 340 g/mol. The van der Waals surface area contributed by atoms with E-state index in [4.69, 9.17) is 9.47 Å². The third-order valence-corrected chi connectivity index (χ3v) is 4.34. The molecule has 0 saturated heterocycles. The number of hydrogen-bond acceptors (Lipinski definition) is 5. The number of carbonyl (C=O) groups is 2. The second-order valence-corrected chi connectivity index (χ2v) is 5.86. The van der Waals surface area contributed by atoms with Gasteiger partial charge in [0, 0.05) is 13.0 Å². The Kier molecular flexibility index (Phi) is 4.97. The van der Waals surface area contributed by atoms with Crippen molar-refractivity contribution >= 4 is 12.0 Å². The van der Waals surface area contributed by atoms with Crippen molar-refractivity contribution in [3.8, 4) is 11.5 Å². The first-order valence-electron chi connectivity index (χ1n) is 8.02. The number of rotatable bonds is 5. The summed E-state index contributed by atoms with van der Waals surface area (Å²) in [5.74, 6) is 0.0963.